The van der Waals surface area contributed by atoms with Gasteiger partial charge in [0.2, 0.25) is 0 Å². The molecule has 76 valence electrons. The minimum absolute atomic E-state index is 0.382. The van der Waals surface area contributed by atoms with Crippen molar-refractivity contribution in [1.29, 1.82) is 0 Å². The molecule has 0 bridgehead atoms. The van der Waals surface area contributed by atoms with Gasteiger partial charge in [0, 0.05) is 0 Å². The van der Waals surface area contributed by atoms with E-state index in [0.717, 1.165) is 5.01 Å². The van der Waals surface area contributed by atoms with Crippen LogP contribution in [0.2, 0.25) is 0 Å². The molecule has 0 saturated carbocycles. The standard InChI is InChI=1S/C7H8N2O4S/c1-4-8-2-5(14-4)7(12)9-13-3-6(10)11/h2H,3H2,1H3,(H,9,12)(H,10,11). The topological polar surface area (TPSA) is 88.5 Å². The Kier molecular flexibility index (Phi) is 3.55. The Bertz CT molecular complexity index is 349. The minimum Gasteiger partial charge on any atom is -0.479 e. The van der Waals surface area contributed by atoms with E-state index >= 15 is 0 Å². The Hall–Kier alpha value is -1.47. The summed E-state index contributed by atoms with van der Waals surface area (Å²) in [5, 5.41) is 8.97. The van der Waals surface area contributed by atoms with E-state index in [-0.39, 0.29) is 0 Å². The number of hydrogen-bond donors (Lipinski definition) is 2. The summed E-state index contributed by atoms with van der Waals surface area (Å²) in [5.41, 5.74) is 1.99. The van der Waals surface area contributed by atoms with Gasteiger partial charge in [-0.2, -0.15) is 0 Å². The van der Waals surface area contributed by atoms with Crippen molar-refractivity contribution in [2.24, 2.45) is 0 Å². The molecule has 0 aromatic carbocycles. The largest absolute Gasteiger partial charge is 0.479 e. The number of thiazole rings is 1. The predicted octanol–water partition coefficient (Wildman–Crippen LogP) is 0.198. The van der Waals surface area contributed by atoms with E-state index in [2.05, 4.69) is 9.82 Å². The Morgan fingerprint density at radius 1 is 1.71 bits per heavy atom. The molecule has 6 nitrogen and oxygen atoms in total. The van der Waals surface area contributed by atoms with Crippen LogP contribution >= 0.6 is 11.3 Å². The highest BCUT2D eigenvalue weighted by atomic mass is 32.1. The highest BCUT2D eigenvalue weighted by Gasteiger charge is 2.09. The number of carboxylic acids is 1. The van der Waals surface area contributed by atoms with Gasteiger partial charge in [-0.3, -0.25) is 9.63 Å². The number of aliphatic carboxylic acids is 1. The van der Waals surface area contributed by atoms with E-state index in [1.807, 2.05) is 5.48 Å². The lowest BCUT2D eigenvalue weighted by atomic mass is 10.5. The van der Waals surface area contributed by atoms with E-state index in [9.17, 15) is 9.59 Å². The first-order valence-electron chi connectivity index (χ1n) is 3.66. The van der Waals surface area contributed by atoms with E-state index < -0.39 is 18.5 Å². The van der Waals surface area contributed by atoms with Crippen LogP contribution in [0.1, 0.15) is 14.7 Å². The molecular formula is C7H8N2O4S. The molecule has 14 heavy (non-hydrogen) atoms. The fraction of sp³-hybridized carbons (Fsp3) is 0.286. The van der Waals surface area contributed by atoms with Crippen molar-refractivity contribution >= 4 is 23.2 Å². The maximum atomic E-state index is 11.2. The number of nitrogens with one attached hydrogen (secondary N) is 1. The lowest BCUT2D eigenvalue weighted by Crippen LogP contribution is -2.25. The zero-order chi connectivity index (χ0) is 10.6. The highest BCUT2D eigenvalue weighted by Crippen LogP contribution is 2.10. The molecule has 1 rings (SSSR count). The molecule has 0 saturated heterocycles. The van der Waals surface area contributed by atoms with Crippen molar-refractivity contribution in [3.63, 3.8) is 0 Å². The van der Waals surface area contributed by atoms with Gasteiger partial charge in [-0.15, -0.1) is 11.3 Å². The molecule has 0 aliphatic rings. The first kappa shape index (κ1) is 10.6. The number of hydroxylamine groups is 1. The summed E-state index contributed by atoms with van der Waals surface area (Å²) in [6.45, 7) is 1.20. The second kappa shape index (κ2) is 4.68. The van der Waals surface area contributed by atoms with Crippen LogP contribution < -0.4 is 5.48 Å². The van der Waals surface area contributed by atoms with Gasteiger partial charge in [-0.1, -0.05) is 0 Å². The number of carboxylic acid groups (broad SMARTS) is 1. The summed E-state index contributed by atoms with van der Waals surface area (Å²) in [6, 6.07) is 0. The van der Waals surface area contributed by atoms with Crippen molar-refractivity contribution in [2.75, 3.05) is 6.61 Å². The molecule has 7 heteroatoms. The SMILES string of the molecule is Cc1ncc(C(=O)NOCC(=O)O)s1. The molecule has 1 heterocycles. The molecule has 1 amide bonds. The van der Waals surface area contributed by atoms with Gasteiger partial charge in [-0.05, 0) is 6.92 Å². The second-order valence-electron chi connectivity index (χ2n) is 2.36. The molecule has 0 fully saturated rings. The first-order chi connectivity index (χ1) is 6.59. The van der Waals surface area contributed by atoms with Crippen LogP contribution in [-0.4, -0.2) is 28.6 Å². The Morgan fingerprint density at radius 2 is 2.43 bits per heavy atom. The smallest absolute Gasteiger partial charge is 0.332 e. The van der Waals surface area contributed by atoms with Crippen molar-refractivity contribution in [2.45, 2.75) is 6.92 Å². The fourth-order valence-corrected chi connectivity index (χ4v) is 1.34. The Morgan fingerprint density at radius 3 is 2.93 bits per heavy atom. The maximum Gasteiger partial charge on any atom is 0.332 e. The molecule has 2 N–H and O–H groups in total. The predicted molar refractivity (Wildman–Crippen MR) is 47.9 cm³/mol. The minimum atomic E-state index is -1.15. The number of nitrogens with zero attached hydrogens (tertiary/aromatic N) is 1. The van der Waals surface area contributed by atoms with Crippen LogP contribution in [-0.2, 0) is 9.63 Å². The second-order valence-corrected chi connectivity index (χ2v) is 3.59. The first-order valence-corrected chi connectivity index (χ1v) is 4.47. The maximum absolute atomic E-state index is 11.2. The number of carbonyl (C=O) groups excluding carboxylic acids is 1. The van der Waals surface area contributed by atoms with Crippen LogP contribution in [0.4, 0.5) is 0 Å². The van der Waals surface area contributed by atoms with Gasteiger partial charge in [-0.25, -0.2) is 15.3 Å². The lowest BCUT2D eigenvalue weighted by Gasteiger charge is -2.00. The van der Waals surface area contributed by atoms with Crippen LogP contribution in [0.3, 0.4) is 0 Å². The Balaban J connectivity index is 2.39. The number of hydrogen-bond acceptors (Lipinski definition) is 5. The van der Waals surface area contributed by atoms with E-state index in [1.54, 1.807) is 6.92 Å². The van der Waals surface area contributed by atoms with E-state index in [1.165, 1.54) is 17.5 Å². The molecule has 1 aromatic rings. The van der Waals surface area contributed by atoms with Crippen LogP contribution in [0, 0.1) is 6.92 Å². The summed E-state index contributed by atoms with van der Waals surface area (Å²) in [5.74, 6) is -1.64. The quantitative estimate of drug-likeness (QED) is 0.702. The summed E-state index contributed by atoms with van der Waals surface area (Å²) >= 11 is 1.20. The summed E-state index contributed by atoms with van der Waals surface area (Å²) in [7, 11) is 0. The van der Waals surface area contributed by atoms with Gasteiger partial charge >= 0.3 is 5.97 Å². The molecule has 0 spiro atoms. The van der Waals surface area contributed by atoms with Crippen molar-refractivity contribution in [3.05, 3.63) is 16.1 Å². The zero-order valence-corrected chi connectivity index (χ0v) is 8.13. The third-order valence-corrected chi connectivity index (χ3v) is 2.12. The highest BCUT2D eigenvalue weighted by molar-refractivity contribution is 7.13. The number of amides is 1. The average molecular weight is 216 g/mol. The molecule has 1 aromatic heterocycles. The van der Waals surface area contributed by atoms with Gasteiger partial charge in [0.1, 0.15) is 4.88 Å². The Labute approximate surface area is 83.5 Å². The molecule has 0 aliphatic carbocycles. The van der Waals surface area contributed by atoms with Gasteiger partial charge < -0.3 is 5.11 Å². The monoisotopic (exact) mass is 216 g/mol. The third-order valence-electron chi connectivity index (χ3n) is 1.21. The van der Waals surface area contributed by atoms with Crippen LogP contribution in [0.25, 0.3) is 0 Å². The average Bonchev–Trinajstić information content (AvgIpc) is 2.51. The van der Waals surface area contributed by atoms with Crippen molar-refractivity contribution in [1.82, 2.24) is 10.5 Å². The molecule has 0 aliphatic heterocycles. The molecular weight excluding hydrogens is 208 g/mol. The fourth-order valence-electron chi connectivity index (χ4n) is 0.680. The normalized spacial score (nSPS) is 9.79. The van der Waals surface area contributed by atoms with Gasteiger partial charge in [0.25, 0.3) is 5.91 Å². The molecule has 0 unspecified atom stereocenters. The van der Waals surface area contributed by atoms with Crippen molar-refractivity contribution in [3.8, 4) is 0 Å². The van der Waals surface area contributed by atoms with Crippen LogP contribution in [0.15, 0.2) is 6.20 Å². The van der Waals surface area contributed by atoms with Gasteiger partial charge in [0.15, 0.2) is 6.61 Å². The van der Waals surface area contributed by atoms with E-state index in [4.69, 9.17) is 5.11 Å². The zero-order valence-electron chi connectivity index (χ0n) is 7.31. The summed E-state index contributed by atoms with van der Waals surface area (Å²) in [4.78, 5) is 29.9. The van der Waals surface area contributed by atoms with Gasteiger partial charge in [0.05, 0.1) is 11.2 Å². The number of aromatic nitrogens is 1. The van der Waals surface area contributed by atoms with Crippen molar-refractivity contribution < 1.29 is 19.5 Å². The molecule has 0 atom stereocenters. The molecule has 0 radical (unpaired) electrons. The summed E-state index contributed by atoms with van der Waals surface area (Å²) in [6.07, 6.45) is 1.40. The van der Waals surface area contributed by atoms with E-state index in [0.29, 0.717) is 4.88 Å². The number of rotatable bonds is 4. The number of carbonyl (C=O) groups is 2. The lowest BCUT2D eigenvalue weighted by molar-refractivity contribution is -0.144. The van der Waals surface area contributed by atoms with Crippen LogP contribution in [0.5, 0.6) is 0 Å². The summed E-state index contributed by atoms with van der Waals surface area (Å²) < 4.78 is 0. The number of aryl methyl sites for hydroxylation is 1. The third kappa shape index (κ3) is 3.11.